The van der Waals surface area contributed by atoms with Gasteiger partial charge >= 0.3 is 0 Å². The van der Waals surface area contributed by atoms with Gasteiger partial charge in [-0.05, 0) is 26.4 Å². The molecule has 0 amide bonds. The summed E-state index contributed by atoms with van der Waals surface area (Å²) in [7, 11) is 3.99. The van der Waals surface area contributed by atoms with Crippen LogP contribution in [0.3, 0.4) is 0 Å². The Labute approximate surface area is 69.5 Å². The van der Waals surface area contributed by atoms with Crippen molar-refractivity contribution in [1.29, 1.82) is 0 Å². The standard InChI is InChI=1S/C9H19NO/c1-4-9(8-11-3)5-6-10(2)7-9/h4-8H2,1-3H3. The Balaban J connectivity index is 2.48. The van der Waals surface area contributed by atoms with E-state index in [0.29, 0.717) is 5.41 Å². The van der Waals surface area contributed by atoms with Crippen LogP contribution in [0, 0.1) is 5.41 Å². The fourth-order valence-electron chi connectivity index (χ4n) is 1.97. The third-order valence-corrected chi connectivity index (χ3v) is 2.83. The molecule has 0 aliphatic carbocycles. The fraction of sp³-hybridized carbons (Fsp3) is 1.00. The van der Waals surface area contributed by atoms with E-state index in [0.717, 1.165) is 6.61 Å². The highest BCUT2D eigenvalue weighted by Crippen LogP contribution is 2.32. The zero-order valence-electron chi connectivity index (χ0n) is 7.89. The number of likely N-dealkylation sites (tertiary alicyclic amines) is 1. The average molecular weight is 157 g/mol. The fourth-order valence-corrected chi connectivity index (χ4v) is 1.97. The molecule has 1 heterocycles. The Morgan fingerprint density at radius 2 is 2.27 bits per heavy atom. The summed E-state index contributed by atoms with van der Waals surface area (Å²) in [5.41, 5.74) is 0.462. The molecule has 0 aromatic heterocycles. The van der Waals surface area contributed by atoms with Crippen molar-refractivity contribution in [2.45, 2.75) is 19.8 Å². The summed E-state index contributed by atoms with van der Waals surface area (Å²) < 4.78 is 5.24. The van der Waals surface area contributed by atoms with Gasteiger partial charge in [-0.15, -0.1) is 0 Å². The molecule has 1 saturated heterocycles. The lowest BCUT2D eigenvalue weighted by atomic mass is 9.85. The minimum atomic E-state index is 0.462. The maximum absolute atomic E-state index is 5.24. The molecule has 1 rings (SSSR count). The van der Waals surface area contributed by atoms with Crippen molar-refractivity contribution < 1.29 is 4.74 Å². The summed E-state index contributed by atoms with van der Waals surface area (Å²) >= 11 is 0. The summed E-state index contributed by atoms with van der Waals surface area (Å²) in [4.78, 5) is 2.39. The Hall–Kier alpha value is -0.0800. The van der Waals surface area contributed by atoms with Crippen LogP contribution in [0.1, 0.15) is 19.8 Å². The van der Waals surface area contributed by atoms with Gasteiger partial charge in [-0.25, -0.2) is 0 Å². The molecule has 1 aliphatic heterocycles. The molecule has 1 aliphatic rings. The van der Waals surface area contributed by atoms with E-state index in [1.165, 1.54) is 25.9 Å². The molecule has 0 bridgehead atoms. The van der Waals surface area contributed by atoms with Gasteiger partial charge in [-0.1, -0.05) is 6.92 Å². The SMILES string of the molecule is CCC1(COC)CCN(C)C1. The normalized spacial score (nSPS) is 33.0. The first kappa shape index (κ1) is 9.01. The van der Waals surface area contributed by atoms with Gasteiger partial charge in [0.2, 0.25) is 0 Å². The predicted molar refractivity (Wildman–Crippen MR) is 46.7 cm³/mol. The molecular weight excluding hydrogens is 138 g/mol. The van der Waals surface area contributed by atoms with E-state index < -0.39 is 0 Å². The maximum atomic E-state index is 5.24. The molecule has 11 heavy (non-hydrogen) atoms. The van der Waals surface area contributed by atoms with Crippen molar-refractivity contribution in [2.24, 2.45) is 5.41 Å². The zero-order chi connectivity index (χ0) is 8.32. The van der Waals surface area contributed by atoms with Gasteiger partial charge in [0, 0.05) is 19.1 Å². The largest absolute Gasteiger partial charge is 0.384 e. The van der Waals surface area contributed by atoms with Crippen LogP contribution in [0.5, 0.6) is 0 Å². The number of ether oxygens (including phenoxy) is 1. The Kier molecular flexibility index (Phi) is 2.90. The Bertz CT molecular complexity index is 123. The van der Waals surface area contributed by atoms with Crippen LogP contribution in [0.2, 0.25) is 0 Å². The lowest BCUT2D eigenvalue weighted by Crippen LogP contribution is -2.28. The van der Waals surface area contributed by atoms with Crippen LogP contribution >= 0.6 is 0 Å². The van der Waals surface area contributed by atoms with Gasteiger partial charge in [-0.2, -0.15) is 0 Å². The van der Waals surface area contributed by atoms with Crippen molar-refractivity contribution in [2.75, 3.05) is 33.9 Å². The first-order valence-corrected chi connectivity index (χ1v) is 4.40. The highest BCUT2D eigenvalue weighted by molar-refractivity contribution is 4.87. The summed E-state index contributed by atoms with van der Waals surface area (Å²) in [5, 5.41) is 0. The minimum Gasteiger partial charge on any atom is -0.384 e. The Morgan fingerprint density at radius 1 is 1.55 bits per heavy atom. The summed E-state index contributed by atoms with van der Waals surface area (Å²) in [5.74, 6) is 0. The maximum Gasteiger partial charge on any atom is 0.0531 e. The first-order chi connectivity index (χ1) is 5.22. The van der Waals surface area contributed by atoms with Crippen molar-refractivity contribution >= 4 is 0 Å². The van der Waals surface area contributed by atoms with Gasteiger partial charge < -0.3 is 9.64 Å². The number of hydrogen-bond acceptors (Lipinski definition) is 2. The molecule has 1 fully saturated rings. The molecule has 1 unspecified atom stereocenters. The van der Waals surface area contributed by atoms with E-state index in [1.807, 2.05) is 0 Å². The van der Waals surface area contributed by atoms with Crippen LogP contribution in [0.25, 0.3) is 0 Å². The smallest absolute Gasteiger partial charge is 0.0531 e. The topological polar surface area (TPSA) is 12.5 Å². The van der Waals surface area contributed by atoms with Gasteiger partial charge in [-0.3, -0.25) is 0 Å². The predicted octanol–water partition coefficient (Wildman–Crippen LogP) is 1.36. The highest BCUT2D eigenvalue weighted by Gasteiger charge is 2.34. The molecule has 0 radical (unpaired) electrons. The molecule has 2 nitrogen and oxygen atoms in total. The summed E-state index contributed by atoms with van der Waals surface area (Å²) in [6.07, 6.45) is 2.54. The first-order valence-electron chi connectivity index (χ1n) is 4.40. The van der Waals surface area contributed by atoms with Crippen molar-refractivity contribution in [3.05, 3.63) is 0 Å². The quantitative estimate of drug-likeness (QED) is 0.613. The third kappa shape index (κ3) is 1.94. The van der Waals surface area contributed by atoms with E-state index >= 15 is 0 Å². The summed E-state index contributed by atoms with van der Waals surface area (Å²) in [6.45, 7) is 5.63. The molecule has 2 heteroatoms. The van der Waals surface area contributed by atoms with E-state index in [9.17, 15) is 0 Å². The number of methoxy groups -OCH3 is 1. The van der Waals surface area contributed by atoms with Crippen molar-refractivity contribution in [3.8, 4) is 0 Å². The second-order valence-electron chi connectivity index (χ2n) is 3.77. The van der Waals surface area contributed by atoms with Crippen LogP contribution < -0.4 is 0 Å². The van der Waals surface area contributed by atoms with Crippen molar-refractivity contribution in [3.63, 3.8) is 0 Å². The molecule has 0 aromatic rings. The van der Waals surface area contributed by atoms with E-state index in [1.54, 1.807) is 7.11 Å². The molecule has 0 N–H and O–H groups in total. The van der Waals surface area contributed by atoms with E-state index in [-0.39, 0.29) is 0 Å². The number of rotatable bonds is 3. The second-order valence-corrected chi connectivity index (χ2v) is 3.77. The third-order valence-electron chi connectivity index (χ3n) is 2.83. The van der Waals surface area contributed by atoms with Crippen LogP contribution in [0.15, 0.2) is 0 Å². The van der Waals surface area contributed by atoms with Gasteiger partial charge in [0.1, 0.15) is 0 Å². The van der Waals surface area contributed by atoms with E-state index in [4.69, 9.17) is 4.74 Å². The summed E-state index contributed by atoms with van der Waals surface area (Å²) in [6, 6.07) is 0. The molecule has 66 valence electrons. The van der Waals surface area contributed by atoms with Gasteiger partial charge in [0.25, 0.3) is 0 Å². The second kappa shape index (κ2) is 3.55. The van der Waals surface area contributed by atoms with Gasteiger partial charge in [0.05, 0.1) is 6.61 Å². The molecular formula is C9H19NO. The molecule has 0 saturated carbocycles. The van der Waals surface area contributed by atoms with Crippen LogP contribution in [-0.2, 0) is 4.74 Å². The van der Waals surface area contributed by atoms with Gasteiger partial charge in [0.15, 0.2) is 0 Å². The van der Waals surface area contributed by atoms with Crippen LogP contribution in [-0.4, -0.2) is 38.8 Å². The lowest BCUT2D eigenvalue weighted by Gasteiger charge is -2.26. The van der Waals surface area contributed by atoms with E-state index in [2.05, 4.69) is 18.9 Å². The molecule has 1 atom stereocenters. The highest BCUT2D eigenvalue weighted by atomic mass is 16.5. The zero-order valence-corrected chi connectivity index (χ0v) is 7.89. The van der Waals surface area contributed by atoms with Crippen LogP contribution in [0.4, 0.5) is 0 Å². The molecule has 0 aromatic carbocycles. The number of hydrogen-bond donors (Lipinski definition) is 0. The van der Waals surface area contributed by atoms with Crippen molar-refractivity contribution in [1.82, 2.24) is 4.90 Å². The lowest BCUT2D eigenvalue weighted by molar-refractivity contribution is 0.0827. The monoisotopic (exact) mass is 157 g/mol. The molecule has 0 spiro atoms. The Morgan fingerprint density at radius 3 is 2.64 bits per heavy atom. The number of nitrogens with zero attached hydrogens (tertiary/aromatic N) is 1. The average Bonchev–Trinajstić information content (AvgIpc) is 2.34. The minimum absolute atomic E-state index is 0.462.